The fourth-order valence-electron chi connectivity index (χ4n) is 2.31. The fraction of sp³-hybridized carbons (Fsp3) is 0.300. The van der Waals surface area contributed by atoms with Gasteiger partial charge in [-0.3, -0.25) is 9.59 Å². The van der Waals surface area contributed by atoms with Crippen molar-refractivity contribution in [1.29, 1.82) is 0 Å². The zero-order valence-corrected chi connectivity index (χ0v) is 14.6. The monoisotopic (exact) mass is 324 g/mol. The number of anilines is 2. The van der Waals surface area contributed by atoms with E-state index in [-0.39, 0.29) is 17.7 Å². The molecule has 0 saturated carbocycles. The van der Waals surface area contributed by atoms with Crippen LogP contribution in [0.3, 0.4) is 0 Å². The summed E-state index contributed by atoms with van der Waals surface area (Å²) in [5, 5.41) is 5.70. The summed E-state index contributed by atoms with van der Waals surface area (Å²) in [7, 11) is 0. The first-order valence-corrected chi connectivity index (χ1v) is 8.08. The molecule has 126 valence electrons. The molecule has 1 unspecified atom stereocenters. The van der Waals surface area contributed by atoms with Crippen molar-refractivity contribution in [3.63, 3.8) is 0 Å². The molecule has 0 aliphatic rings. The molecule has 0 bridgehead atoms. The summed E-state index contributed by atoms with van der Waals surface area (Å²) >= 11 is 0. The highest BCUT2D eigenvalue weighted by molar-refractivity contribution is 6.14. The Balaban J connectivity index is 2.20. The second-order valence-electron chi connectivity index (χ2n) is 6.50. The normalized spacial score (nSPS) is 13.2. The average Bonchev–Trinajstić information content (AvgIpc) is 2.56. The van der Waals surface area contributed by atoms with Gasteiger partial charge in [0, 0.05) is 11.4 Å². The topological polar surface area (TPSA) is 58.2 Å². The molecule has 0 radical (unpaired) electrons. The molecule has 0 aliphatic carbocycles. The molecule has 0 aliphatic heterocycles. The number of aryl methyl sites for hydroxylation is 1. The van der Waals surface area contributed by atoms with Gasteiger partial charge in [-0.2, -0.15) is 0 Å². The Bertz CT molecular complexity index is 708. The van der Waals surface area contributed by atoms with Crippen molar-refractivity contribution >= 4 is 23.2 Å². The van der Waals surface area contributed by atoms with Crippen LogP contribution < -0.4 is 10.6 Å². The van der Waals surface area contributed by atoms with Crippen molar-refractivity contribution in [2.24, 2.45) is 11.3 Å². The maximum atomic E-state index is 12.8. The minimum absolute atomic E-state index is 0.160. The molecule has 0 saturated heterocycles. The van der Waals surface area contributed by atoms with Crippen molar-refractivity contribution < 1.29 is 9.59 Å². The molecular weight excluding hydrogens is 300 g/mol. The predicted octanol–water partition coefficient (Wildman–Crippen LogP) is 4.23. The standard InChI is InChI=1S/C20H24N2O2/c1-14(2)20(4,18(23)21-16-8-6-5-7-9-16)19(24)22-17-12-10-15(3)11-13-17/h5-14H,1-4H3,(H,21,23)(H,22,24). The zero-order valence-electron chi connectivity index (χ0n) is 14.6. The maximum Gasteiger partial charge on any atom is 0.240 e. The van der Waals surface area contributed by atoms with Crippen LogP contribution in [-0.4, -0.2) is 11.8 Å². The Labute approximate surface area is 143 Å². The van der Waals surface area contributed by atoms with E-state index in [1.165, 1.54) is 0 Å². The number of benzene rings is 2. The number of rotatable bonds is 5. The third-order valence-corrected chi connectivity index (χ3v) is 4.44. The molecule has 4 nitrogen and oxygen atoms in total. The largest absolute Gasteiger partial charge is 0.325 e. The van der Waals surface area contributed by atoms with Gasteiger partial charge in [0.25, 0.3) is 0 Å². The molecule has 2 rings (SSSR count). The van der Waals surface area contributed by atoms with E-state index in [4.69, 9.17) is 0 Å². The lowest BCUT2D eigenvalue weighted by atomic mass is 9.77. The van der Waals surface area contributed by atoms with Crippen LogP contribution in [0.25, 0.3) is 0 Å². The van der Waals surface area contributed by atoms with Crippen molar-refractivity contribution in [3.8, 4) is 0 Å². The Morgan fingerprint density at radius 2 is 1.29 bits per heavy atom. The zero-order chi connectivity index (χ0) is 17.7. The number of nitrogens with one attached hydrogen (secondary N) is 2. The number of hydrogen-bond donors (Lipinski definition) is 2. The fourth-order valence-corrected chi connectivity index (χ4v) is 2.31. The van der Waals surface area contributed by atoms with E-state index in [0.29, 0.717) is 11.4 Å². The first-order chi connectivity index (χ1) is 11.3. The van der Waals surface area contributed by atoms with Crippen LogP contribution in [0.1, 0.15) is 26.3 Å². The molecular formula is C20H24N2O2. The number of carbonyl (C=O) groups is 2. The van der Waals surface area contributed by atoms with Gasteiger partial charge in [0.1, 0.15) is 5.41 Å². The molecule has 2 amide bonds. The molecule has 0 aromatic heterocycles. The van der Waals surface area contributed by atoms with Crippen LogP contribution in [0.15, 0.2) is 54.6 Å². The molecule has 0 spiro atoms. The van der Waals surface area contributed by atoms with Crippen molar-refractivity contribution in [3.05, 3.63) is 60.2 Å². The van der Waals surface area contributed by atoms with E-state index in [0.717, 1.165) is 5.56 Å². The highest BCUT2D eigenvalue weighted by Gasteiger charge is 2.44. The second-order valence-corrected chi connectivity index (χ2v) is 6.50. The van der Waals surface area contributed by atoms with Crippen LogP contribution in [0, 0.1) is 18.3 Å². The van der Waals surface area contributed by atoms with E-state index in [2.05, 4.69) is 10.6 Å². The lowest BCUT2D eigenvalue weighted by Gasteiger charge is -2.31. The Hall–Kier alpha value is -2.62. The maximum absolute atomic E-state index is 12.8. The number of hydrogen-bond acceptors (Lipinski definition) is 2. The number of carbonyl (C=O) groups excluding carboxylic acids is 2. The van der Waals surface area contributed by atoms with Gasteiger partial charge in [-0.1, -0.05) is 49.7 Å². The van der Waals surface area contributed by atoms with E-state index < -0.39 is 5.41 Å². The minimum atomic E-state index is -1.18. The third-order valence-electron chi connectivity index (χ3n) is 4.44. The molecule has 24 heavy (non-hydrogen) atoms. The molecule has 1 atom stereocenters. The first-order valence-electron chi connectivity index (χ1n) is 8.08. The summed E-state index contributed by atoms with van der Waals surface area (Å²) in [6, 6.07) is 16.7. The summed E-state index contributed by atoms with van der Waals surface area (Å²) in [6.07, 6.45) is 0. The van der Waals surface area contributed by atoms with Crippen molar-refractivity contribution in [2.75, 3.05) is 10.6 Å². The molecule has 0 heterocycles. The van der Waals surface area contributed by atoms with Gasteiger partial charge in [0.2, 0.25) is 11.8 Å². The average molecular weight is 324 g/mol. The van der Waals surface area contributed by atoms with E-state index in [1.54, 1.807) is 19.1 Å². The lowest BCUT2D eigenvalue weighted by Crippen LogP contribution is -2.47. The van der Waals surface area contributed by atoms with E-state index >= 15 is 0 Å². The summed E-state index contributed by atoms with van der Waals surface area (Å²) < 4.78 is 0. The van der Waals surface area contributed by atoms with Gasteiger partial charge in [0.05, 0.1) is 0 Å². The van der Waals surface area contributed by atoms with Gasteiger partial charge < -0.3 is 10.6 Å². The Morgan fingerprint density at radius 1 is 0.833 bits per heavy atom. The number of amides is 2. The van der Waals surface area contributed by atoms with Crippen LogP contribution in [0.4, 0.5) is 11.4 Å². The Kier molecular flexibility index (Phi) is 5.39. The molecule has 2 aromatic carbocycles. The summed E-state index contributed by atoms with van der Waals surface area (Å²) in [5.41, 5.74) is 1.30. The van der Waals surface area contributed by atoms with Crippen LogP contribution in [-0.2, 0) is 9.59 Å². The highest BCUT2D eigenvalue weighted by Crippen LogP contribution is 2.30. The van der Waals surface area contributed by atoms with Gasteiger partial charge in [-0.05, 0) is 44.0 Å². The van der Waals surface area contributed by atoms with Gasteiger partial charge in [-0.15, -0.1) is 0 Å². The smallest absolute Gasteiger partial charge is 0.240 e. The Morgan fingerprint density at radius 3 is 1.75 bits per heavy atom. The van der Waals surface area contributed by atoms with Crippen LogP contribution >= 0.6 is 0 Å². The second kappa shape index (κ2) is 7.30. The first kappa shape index (κ1) is 17.7. The van der Waals surface area contributed by atoms with Crippen molar-refractivity contribution in [2.45, 2.75) is 27.7 Å². The highest BCUT2D eigenvalue weighted by atomic mass is 16.2. The van der Waals surface area contributed by atoms with Gasteiger partial charge in [-0.25, -0.2) is 0 Å². The van der Waals surface area contributed by atoms with Crippen molar-refractivity contribution in [1.82, 2.24) is 0 Å². The van der Waals surface area contributed by atoms with Crippen LogP contribution in [0.5, 0.6) is 0 Å². The molecule has 2 aromatic rings. The third kappa shape index (κ3) is 3.82. The molecule has 4 heteroatoms. The lowest BCUT2D eigenvalue weighted by molar-refractivity contribution is -0.139. The summed E-state index contributed by atoms with van der Waals surface area (Å²) in [6.45, 7) is 7.41. The van der Waals surface area contributed by atoms with Gasteiger partial charge >= 0.3 is 0 Å². The summed E-state index contributed by atoms with van der Waals surface area (Å²) in [5.74, 6) is -0.783. The van der Waals surface area contributed by atoms with Crippen LogP contribution in [0.2, 0.25) is 0 Å². The van der Waals surface area contributed by atoms with E-state index in [1.807, 2.05) is 63.2 Å². The minimum Gasteiger partial charge on any atom is -0.325 e. The SMILES string of the molecule is Cc1ccc(NC(=O)C(C)(C(=O)Nc2ccccc2)C(C)C)cc1. The molecule has 0 fully saturated rings. The van der Waals surface area contributed by atoms with Gasteiger partial charge in [0.15, 0.2) is 0 Å². The van der Waals surface area contributed by atoms with E-state index in [9.17, 15) is 9.59 Å². The quantitative estimate of drug-likeness (QED) is 0.808. The summed E-state index contributed by atoms with van der Waals surface area (Å²) in [4.78, 5) is 25.6. The molecule has 2 N–H and O–H groups in total. The number of para-hydroxylation sites is 1. The predicted molar refractivity (Wildman–Crippen MR) is 97.8 cm³/mol.